The number of amides is 1. The Hall–Kier alpha value is -3.64. The first-order valence-electron chi connectivity index (χ1n) is 11.4. The molecule has 6 nitrogen and oxygen atoms in total. The monoisotopic (exact) mass is 472 g/mol. The van der Waals surface area contributed by atoms with E-state index < -0.39 is 6.04 Å². The first kappa shape index (κ1) is 22.2. The molecule has 0 saturated heterocycles. The van der Waals surface area contributed by atoms with Crippen molar-refractivity contribution in [3.8, 4) is 0 Å². The minimum Gasteiger partial charge on any atom is -0.324 e. The average Bonchev–Trinajstić information content (AvgIpc) is 3.13. The van der Waals surface area contributed by atoms with Crippen LogP contribution in [-0.4, -0.2) is 27.6 Å². The molecule has 0 radical (unpaired) electrons. The van der Waals surface area contributed by atoms with Gasteiger partial charge in [0.2, 0.25) is 5.91 Å². The number of aliphatic imine (C=N–C) groups is 1. The normalized spacial score (nSPS) is 15.7. The van der Waals surface area contributed by atoms with Crippen LogP contribution in [0.3, 0.4) is 0 Å². The highest BCUT2D eigenvalue weighted by Crippen LogP contribution is 2.29. The molecule has 3 N–H and O–H groups in total. The molecule has 1 unspecified atom stereocenters. The molecule has 34 heavy (non-hydrogen) atoms. The average molecular weight is 473 g/mol. The van der Waals surface area contributed by atoms with Gasteiger partial charge >= 0.3 is 5.69 Å². The number of aromatic nitrogens is 2. The molecular weight excluding hydrogens is 448 g/mol. The van der Waals surface area contributed by atoms with Gasteiger partial charge in [-0.05, 0) is 60.2 Å². The van der Waals surface area contributed by atoms with Gasteiger partial charge in [-0.3, -0.25) is 9.79 Å². The lowest BCUT2D eigenvalue weighted by Gasteiger charge is -2.15. The van der Waals surface area contributed by atoms with E-state index in [-0.39, 0.29) is 11.6 Å². The van der Waals surface area contributed by atoms with Crippen molar-refractivity contribution in [2.45, 2.75) is 38.6 Å². The third-order valence-electron chi connectivity index (χ3n) is 6.24. The van der Waals surface area contributed by atoms with Crippen LogP contribution in [0.4, 0.5) is 5.69 Å². The number of H-pyrrole nitrogens is 2. The first-order chi connectivity index (χ1) is 16.4. The van der Waals surface area contributed by atoms with Crippen LogP contribution < -0.4 is 11.0 Å². The molecule has 172 valence electrons. The number of halogens is 1. The highest BCUT2D eigenvalue weighted by molar-refractivity contribution is 6.32. The molecule has 1 atom stereocenters. The Morgan fingerprint density at radius 2 is 1.76 bits per heavy atom. The molecule has 0 fully saturated rings. The number of aromatic amines is 2. The quantitative estimate of drug-likeness (QED) is 0.362. The summed E-state index contributed by atoms with van der Waals surface area (Å²) in [5, 5.41) is 3.59. The second-order valence-electron chi connectivity index (χ2n) is 8.90. The molecule has 0 spiro atoms. The summed E-state index contributed by atoms with van der Waals surface area (Å²) in [6, 6.07) is 18.8. The highest BCUT2D eigenvalue weighted by Gasteiger charge is 2.26. The Morgan fingerprint density at radius 3 is 2.59 bits per heavy atom. The summed E-state index contributed by atoms with van der Waals surface area (Å²) in [5.74, 6) is 0.261. The van der Waals surface area contributed by atoms with Gasteiger partial charge in [-0.2, -0.15) is 0 Å². The van der Waals surface area contributed by atoms with E-state index in [0.717, 1.165) is 17.5 Å². The third kappa shape index (κ3) is 4.29. The van der Waals surface area contributed by atoms with Crippen LogP contribution in [0.5, 0.6) is 0 Å². The van der Waals surface area contributed by atoms with Gasteiger partial charge in [0.15, 0.2) is 0 Å². The van der Waals surface area contributed by atoms with Crippen LogP contribution >= 0.6 is 11.6 Å². The first-order valence-corrected chi connectivity index (χ1v) is 11.8. The van der Waals surface area contributed by atoms with Crippen molar-refractivity contribution in [3.63, 3.8) is 0 Å². The van der Waals surface area contributed by atoms with E-state index >= 15 is 0 Å². The lowest BCUT2D eigenvalue weighted by molar-refractivity contribution is -0.117. The van der Waals surface area contributed by atoms with Gasteiger partial charge in [-0.1, -0.05) is 55.8 Å². The summed E-state index contributed by atoms with van der Waals surface area (Å²) in [6.07, 6.45) is 1.31. The van der Waals surface area contributed by atoms with Crippen LogP contribution in [0.2, 0.25) is 5.02 Å². The Morgan fingerprint density at radius 1 is 0.971 bits per heavy atom. The van der Waals surface area contributed by atoms with E-state index in [9.17, 15) is 9.59 Å². The highest BCUT2D eigenvalue weighted by atomic mass is 35.5. The van der Waals surface area contributed by atoms with E-state index in [2.05, 4.69) is 47.3 Å². The van der Waals surface area contributed by atoms with Crippen LogP contribution in [0.25, 0.3) is 11.0 Å². The van der Waals surface area contributed by atoms with E-state index in [1.54, 1.807) is 12.1 Å². The predicted molar refractivity (Wildman–Crippen MR) is 137 cm³/mol. The van der Waals surface area contributed by atoms with Crippen molar-refractivity contribution in [3.05, 3.63) is 98.4 Å². The zero-order chi connectivity index (χ0) is 23.8. The summed E-state index contributed by atoms with van der Waals surface area (Å²) in [7, 11) is 0. The standard InChI is InChI=1S/C27H25ClN4O2/c1-15(2)19-6-4-3-5-16(19)7-11-23-26(33)30-21-12-9-18(28)14-20(21)25(29-23)17-8-10-22-24(13-17)32-27(34)31-22/h3-6,8-10,12-15,23H,7,11H2,1-2H3,(H,30,33)(H2,31,32,34). The van der Waals surface area contributed by atoms with Crippen molar-refractivity contribution < 1.29 is 4.79 Å². The summed E-state index contributed by atoms with van der Waals surface area (Å²) in [4.78, 5) is 35.5. The van der Waals surface area contributed by atoms with Gasteiger partial charge in [-0.15, -0.1) is 0 Å². The van der Waals surface area contributed by atoms with Crippen LogP contribution in [0, 0.1) is 0 Å². The number of hydrogen-bond acceptors (Lipinski definition) is 3. The molecule has 0 aliphatic carbocycles. The molecular formula is C27H25ClN4O2. The predicted octanol–water partition coefficient (Wildman–Crippen LogP) is 5.42. The second-order valence-corrected chi connectivity index (χ2v) is 9.34. The number of benzodiazepines with no additional fused rings is 1. The number of anilines is 1. The minimum absolute atomic E-state index is 0.142. The number of carbonyl (C=O) groups excluding carboxylic acids is 1. The summed E-state index contributed by atoms with van der Waals surface area (Å²) in [5.41, 5.74) is 6.54. The van der Waals surface area contributed by atoms with Gasteiger partial charge in [-0.25, -0.2) is 4.79 Å². The number of benzene rings is 3. The molecule has 1 aliphatic heterocycles. The molecule has 1 aliphatic rings. The molecule has 5 rings (SSSR count). The summed E-state index contributed by atoms with van der Waals surface area (Å²) in [6.45, 7) is 4.35. The Kier molecular flexibility index (Phi) is 5.84. The second kappa shape index (κ2) is 8.95. The maximum absolute atomic E-state index is 13.2. The molecule has 0 saturated carbocycles. The fourth-order valence-electron chi connectivity index (χ4n) is 4.54. The van der Waals surface area contributed by atoms with Crippen molar-refractivity contribution in [2.24, 2.45) is 4.99 Å². The van der Waals surface area contributed by atoms with Gasteiger partial charge < -0.3 is 15.3 Å². The fourth-order valence-corrected chi connectivity index (χ4v) is 4.72. The number of imidazole rings is 1. The SMILES string of the molecule is CC(C)c1ccccc1CCC1N=C(c2ccc3[nH]c(=O)[nH]c3c2)c2cc(Cl)ccc2NC1=O. The smallest absolute Gasteiger partial charge is 0.323 e. The zero-order valence-corrected chi connectivity index (χ0v) is 19.7. The molecule has 3 aromatic carbocycles. The number of fused-ring (bicyclic) bond motifs is 2. The minimum atomic E-state index is -0.567. The number of carbonyl (C=O) groups is 1. The largest absolute Gasteiger partial charge is 0.324 e. The molecule has 0 bridgehead atoms. The van der Waals surface area contributed by atoms with E-state index in [4.69, 9.17) is 16.6 Å². The van der Waals surface area contributed by atoms with Crippen molar-refractivity contribution >= 4 is 39.9 Å². The van der Waals surface area contributed by atoms with E-state index in [1.165, 1.54) is 11.1 Å². The number of nitrogens with one attached hydrogen (secondary N) is 3. The van der Waals surface area contributed by atoms with Crippen LogP contribution in [-0.2, 0) is 11.2 Å². The molecule has 2 heterocycles. The topological polar surface area (TPSA) is 90.1 Å². The van der Waals surface area contributed by atoms with Crippen molar-refractivity contribution in [1.29, 1.82) is 0 Å². The van der Waals surface area contributed by atoms with Gasteiger partial charge in [0, 0.05) is 16.1 Å². The lowest BCUT2D eigenvalue weighted by atomic mass is 9.93. The van der Waals surface area contributed by atoms with Crippen molar-refractivity contribution in [2.75, 3.05) is 5.32 Å². The van der Waals surface area contributed by atoms with Gasteiger partial charge in [0.1, 0.15) is 6.04 Å². The molecule has 1 aromatic heterocycles. The van der Waals surface area contributed by atoms with Crippen molar-refractivity contribution in [1.82, 2.24) is 9.97 Å². The zero-order valence-electron chi connectivity index (χ0n) is 19.0. The van der Waals surface area contributed by atoms with Gasteiger partial charge in [0.25, 0.3) is 0 Å². The summed E-state index contributed by atoms with van der Waals surface area (Å²) < 4.78 is 0. The molecule has 7 heteroatoms. The van der Waals surface area contributed by atoms with Gasteiger partial charge in [0.05, 0.1) is 22.4 Å². The lowest BCUT2D eigenvalue weighted by Crippen LogP contribution is -2.26. The Labute approximate surface area is 202 Å². The van der Waals surface area contributed by atoms with E-state index in [0.29, 0.717) is 39.8 Å². The maximum Gasteiger partial charge on any atom is 0.323 e. The van der Waals surface area contributed by atoms with E-state index in [1.807, 2.05) is 30.3 Å². The summed E-state index contributed by atoms with van der Waals surface area (Å²) >= 11 is 6.32. The van der Waals surface area contributed by atoms with Crippen LogP contribution in [0.15, 0.2) is 70.5 Å². The number of nitrogens with zero attached hydrogens (tertiary/aromatic N) is 1. The molecule has 1 amide bonds. The number of rotatable bonds is 5. The Bertz CT molecular complexity index is 1480. The maximum atomic E-state index is 13.2. The number of aryl methyl sites for hydroxylation is 1. The third-order valence-corrected chi connectivity index (χ3v) is 6.47. The Balaban J connectivity index is 1.57. The molecule has 4 aromatic rings. The fraction of sp³-hybridized carbons (Fsp3) is 0.222. The van der Waals surface area contributed by atoms with Crippen LogP contribution in [0.1, 0.15) is 48.4 Å². The number of hydrogen-bond donors (Lipinski definition) is 3.